The van der Waals surface area contributed by atoms with Crippen LogP contribution >= 0.6 is 11.6 Å². The van der Waals surface area contributed by atoms with Crippen LogP contribution in [0.5, 0.6) is 0 Å². The number of nitrogen functional groups attached to an aromatic ring is 1. The first kappa shape index (κ1) is 41.7. The zero-order valence-corrected chi connectivity index (χ0v) is 28.4. The van der Waals surface area contributed by atoms with Gasteiger partial charge in [0.15, 0.2) is 0 Å². The molecule has 2 unspecified atom stereocenters. The minimum absolute atomic E-state index is 0.147. The molecule has 0 saturated heterocycles. The van der Waals surface area contributed by atoms with Gasteiger partial charge in [-0.3, -0.25) is 4.79 Å². The fourth-order valence-electron chi connectivity index (χ4n) is 4.24. The van der Waals surface area contributed by atoms with Crippen molar-refractivity contribution in [1.29, 1.82) is 0 Å². The van der Waals surface area contributed by atoms with Gasteiger partial charge in [-0.2, -0.15) is 0 Å². The molecule has 0 aliphatic carbocycles. The number of anilines is 1. The predicted octanol–water partition coefficient (Wildman–Crippen LogP) is 8.43. The number of carbonyl (C=O) groups excluding carboxylic acids is 2. The summed E-state index contributed by atoms with van der Waals surface area (Å²) >= 11 is 5.75. The van der Waals surface area contributed by atoms with Gasteiger partial charge in [0, 0.05) is 36.0 Å². The Labute approximate surface area is 266 Å². The Hall–Kier alpha value is -3.47. The number of hydrogen-bond donors (Lipinski definition) is 2. The summed E-state index contributed by atoms with van der Waals surface area (Å²) in [6, 6.07) is 14.0. The van der Waals surface area contributed by atoms with Gasteiger partial charge in [-0.15, -0.1) is 5.73 Å². The van der Waals surface area contributed by atoms with E-state index < -0.39 is 0 Å². The molecule has 0 fully saturated rings. The van der Waals surface area contributed by atoms with Crippen molar-refractivity contribution in [3.63, 3.8) is 0 Å². The smallest absolute Gasteiger partial charge is 0.134 e. The molecule has 0 aromatic heterocycles. The van der Waals surface area contributed by atoms with Crippen molar-refractivity contribution in [1.82, 2.24) is 4.90 Å². The maximum atomic E-state index is 11.4. The monoisotopic (exact) mass is 607 g/mol. The largest absolute Gasteiger partial charge is 0.399 e. The van der Waals surface area contributed by atoms with E-state index in [4.69, 9.17) is 17.3 Å². The third kappa shape index (κ3) is 20.1. The number of rotatable bonds is 12. The van der Waals surface area contributed by atoms with Crippen molar-refractivity contribution in [2.24, 2.45) is 11.7 Å². The number of nitrogens with two attached hydrogens (primary N) is 2. The summed E-state index contributed by atoms with van der Waals surface area (Å²) in [6.07, 6.45) is 10.4. The molecule has 0 bridgehead atoms. The highest BCUT2D eigenvalue weighted by Crippen LogP contribution is 2.32. The molecule has 2 atom stereocenters. The lowest BCUT2D eigenvalue weighted by atomic mass is 9.80. The van der Waals surface area contributed by atoms with Crippen molar-refractivity contribution in [3.8, 4) is 0 Å². The lowest BCUT2D eigenvalue weighted by Crippen LogP contribution is -2.26. The second-order valence-electron chi connectivity index (χ2n) is 10.4. The van der Waals surface area contributed by atoms with Gasteiger partial charge in [0.2, 0.25) is 0 Å². The molecule has 43 heavy (non-hydrogen) atoms. The highest BCUT2D eigenvalue weighted by atomic mass is 35.5. The third-order valence-corrected chi connectivity index (χ3v) is 6.52. The number of carbonyl (C=O) groups is 2. The first-order valence-electron chi connectivity index (χ1n) is 14.5. The standard InChI is InChI=1S/C18H26N2O.C10H14O.C8H9Cl.CH5N/c1-6-15(11-13(2)21)14(3)18(12-20(4)5)16-7-9-17(19)10-8-16;1-3-5-7-10(4-2)8-6-9-11;1-6-3-7(2)5-8(9)4-6;1-2/h7-10,14,18H,1,11-12,19H2,2-5H3;3-5,7,9H,1,6,8H2,2H3;3-5H,1-2H3;2H2,1H3/b;7-5-,10-4+;;. The molecule has 6 heteroatoms. The Kier molecular flexibility index (Phi) is 24.3. The number of nitrogens with zero attached hydrogens (tertiary/aromatic N) is 1. The van der Waals surface area contributed by atoms with E-state index in [1.807, 2.05) is 63.3 Å². The fourth-order valence-corrected chi connectivity index (χ4v) is 4.59. The Morgan fingerprint density at radius 3 is 2.05 bits per heavy atom. The molecule has 0 heterocycles. The van der Waals surface area contributed by atoms with Gasteiger partial charge >= 0.3 is 0 Å². The van der Waals surface area contributed by atoms with E-state index in [9.17, 15) is 9.59 Å². The quantitative estimate of drug-likeness (QED) is 0.109. The predicted molar refractivity (Wildman–Crippen MR) is 189 cm³/mol. The van der Waals surface area contributed by atoms with Crippen LogP contribution in [-0.4, -0.2) is 44.7 Å². The van der Waals surface area contributed by atoms with Gasteiger partial charge in [-0.25, -0.2) is 0 Å². The number of allylic oxidation sites excluding steroid dienone is 6. The first-order chi connectivity index (χ1) is 20.4. The van der Waals surface area contributed by atoms with E-state index in [-0.39, 0.29) is 17.6 Å². The maximum absolute atomic E-state index is 11.4. The minimum atomic E-state index is 0.147. The van der Waals surface area contributed by atoms with E-state index in [0.717, 1.165) is 35.5 Å². The van der Waals surface area contributed by atoms with Crippen molar-refractivity contribution in [2.75, 3.05) is 33.4 Å². The number of aldehydes is 1. The van der Waals surface area contributed by atoms with Gasteiger partial charge in [-0.05, 0) is 108 Å². The Bertz CT molecular complexity index is 1160. The number of ketones is 1. The van der Waals surface area contributed by atoms with Crippen LogP contribution in [0.4, 0.5) is 5.69 Å². The van der Waals surface area contributed by atoms with Crippen LogP contribution < -0.4 is 11.5 Å². The molecule has 236 valence electrons. The summed E-state index contributed by atoms with van der Waals surface area (Å²) in [5.41, 5.74) is 19.8. The van der Waals surface area contributed by atoms with E-state index in [0.29, 0.717) is 12.8 Å². The SMILES string of the molecule is C=C/C=C\C(=C/C)CCC=O.C=C=C(CC(C)=O)C(C)C(CN(C)C)c1ccc(N)cc1.CN.Cc1cc(C)cc(Cl)c1. The molecule has 0 amide bonds. The molecule has 2 aromatic rings. The highest BCUT2D eigenvalue weighted by Gasteiger charge is 2.24. The van der Waals surface area contributed by atoms with Crippen LogP contribution in [0.25, 0.3) is 0 Å². The highest BCUT2D eigenvalue weighted by molar-refractivity contribution is 6.30. The summed E-state index contributed by atoms with van der Waals surface area (Å²) in [4.78, 5) is 23.6. The lowest BCUT2D eigenvalue weighted by Gasteiger charge is -2.28. The molecular weight excluding hydrogens is 554 g/mol. The first-order valence-corrected chi connectivity index (χ1v) is 14.8. The van der Waals surface area contributed by atoms with Crippen LogP contribution in [0.2, 0.25) is 5.02 Å². The van der Waals surface area contributed by atoms with Crippen molar-refractivity contribution < 1.29 is 9.59 Å². The molecule has 2 aromatic carbocycles. The lowest BCUT2D eigenvalue weighted by molar-refractivity contribution is -0.116. The number of Topliss-reactive ketones (excluding diaryl/α,β-unsaturated/α-hetero) is 1. The second kappa shape index (κ2) is 25.1. The van der Waals surface area contributed by atoms with Crippen LogP contribution in [-0.2, 0) is 9.59 Å². The maximum Gasteiger partial charge on any atom is 0.134 e. The summed E-state index contributed by atoms with van der Waals surface area (Å²) in [6.45, 7) is 18.0. The summed E-state index contributed by atoms with van der Waals surface area (Å²) in [5.74, 6) is 0.635. The van der Waals surface area contributed by atoms with E-state index >= 15 is 0 Å². The molecule has 5 nitrogen and oxygen atoms in total. The minimum Gasteiger partial charge on any atom is -0.399 e. The van der Waals surface area contributed by atoms with E-state index in [1.165, 1.54) is 29.3 Å². The number of benzene rings is 2. The Morgan fingerprint density at radius 2 is 1.65 bits per heavy atom. The normalized spacial score (nSPS) is 11.8. The Balaban J connectivity index is 0. The zero-order valence-electron chi connectivity index (χ0n) is 27.6. The molecule has 4 N–H and O–H groups in total. The summed E-state index contributed by atoms with van der Waals surface area (Å²) < 4.78 is 0. The molecular formula is C37H54ClN3O2. The average Bonchev–Trinajstić information content (AvgIpc) is 2.96. The van der Waals surface area contributed by atoms with Crippen LogP contribution in [0.15, 0.2) is 96.8 Å². The van der Waals surface area contributed by atoms with Gasteiger partial charge in [-0.1, -0.05) is 79.8 Å². The van der Waals surface area contributed by atoms with Crippen molar-refractivity contribution in [3.05, 3.63) is 119 Å². The van der Waals surface area contributed by atoms with E-state index in [2.05, 4.69) is 68.7 Å². The summed E-state index contributed by atoms with van der Waals surface area (Å²) in [5, 5.41) is 0.826. The van der Waals surface area contributed by atoms with Crippen LogP contribution in [0.1, 0.15) is 62.6 Å². The number of likely N-dealkylation sites (N-methyl/N-ethyl adjacent to an activating group) is 1. The summed E-state index contributed by atoms with van der Waals surface area (Å²) in [7, 11) is 5.61. The number of hydrogen-bond acceptors (Lipinski definition) is 5. The zero-order chi connectivity index (χ0) is 33.4. The van der Waals surface area contributed by atoms with Gasteiger partial charge < -0.3 is 21.2 Å². The van der Waals surface area contributed by atoms with Gasteiger partial charge in [0.1, 0.15) is 12.1 Å². The van der Waals surface area contributed by atoms with Gasteiger partial charge in [0.05, 0.1) is 0 Å². The van der Waals surface area contributed by atoms with Crippen LogP contribution in [0, 0.1) is 19.8 Å². The third-order valence-electron chi connectivity index (χ3n) is 6.30. The topological polar surface area (TPSA) is 89.4 Å². The average molecular weight is 608 g/mol. The number of halogens is 1. The van der Waals surface area contributed by atoms with Crippen LogP contribution in [0.3, 0.4) is 0 Å². The van der Waals surface area contributed by atoms with Crippen molar-refractivity contribution >= 4 is 29.4 Å². The molecule has 0 saturated carbocycles. The second-order valence-corrected chi connectivity index (χ2v) is 10.8. The fraction of sp³-hybridized carbons (Fsp3) is 0.378. The molecule has 0 aliphatic heterocycles. The van der Waals surface area contributed by atoms with Gasteiger partial charge in [0.25, 0.3) is 0 Å². The van der Waals surface area contributed by atoms with Crippen molar-refractivity contribution in [2.45, 2.75) is 59.8 Å². The molecule has 0 spiro atoms. The number of aryl methyl sites for hydroxylation is 2. The van der Waals surface area contributed by atoms with E-state index in [1.54, 1.807) is 13.0 Å². The molecule has 2 rings (SSSR count). The molecule has 0 radical (unpaired) electrons. The molecule has 0 aliphatic rings. The Morgan fingerprint density at radius 1 is 1.09 bits per heavy atom.